The maximum Gasteiger partial charge on any atom is 0.270 e. The molecule has 1 aromatic heterocycles. The first-order valence-corrected chi connectivity index (χ1v) is 9.36. The fourth-order valence-electron chi connectivity index (χ4n) is 3.53. The quantitative estimate of drug-likeness (QED) is 0.325. The van der Waals surface area contributed by atoms with Crippen molar-refractivity contribution in [1.29, 1.82) is 0 Å². The Morgan fingerprint density at radius 1 is 0.871 bits per heavy atom. The molecule has 0 saturated heterocycles. The summed E-state index contributed by atoms with van der Waals surface area (Å²) >= 11 is 0. The zero-order valence-electron chi connectivity index (χ0n) is 17.2. The monoisotopic (exact) mass is 417 g/mol. The van der Waals surface area contributed by atoms with Crippen LogP contribution in [0.2, 0.25) is 0 Å². The zero-order chi connectivity index (χ0) is 22.0. The van der Waals surface area contributed by atoms with Crippen molar-refractivity contribution in [2.75, 3.05) is 21.3 Å². The molecule has 4 rings (SSSR count). The third kappa shape index (κ3) is 3.59. The summed E-state index contributed by atoms with van der Waals surface area (Å²) in [6, 6.07) is 15.7. The number of rotatable bonds is 6. The summed E-state index contributed by atoms with van der Waals surface area (Å²) < 4.78 is 16.5. The Hall–Kier alpha value is -4.20. The van der Waals surface area contributed by atoms with Crippen LogP contribution < -0.4 is 14.2 Å². The SMILES string of the molecule is COc1ccc(-c2ncnc3c(-c4cccc([N+](=O)[O-])c4)c(OC)c(OC)cc23)cc1. The minimum Gasteiger partial charge on any atom is -0.497 e. The molecule has 0 unspecified atom stereocenters. The van der Waals surface area contributed by atoms with Crippen molar-refractivity contribution in [3.63, 3.8) is 0 Å². The Labute approximate surface area is 178 Å². The highest BCUT2D eigenvalue weighted by Crippen LogP contribution is 2.45. The average Bonchev–Trinajstić information content (AvgIpc) is 2.82. The lowest BCUT2D eigenvalue weighted by Crippen LogP contribution is -1.99. The summed E-state index contributed by atoms with van der Waals surface area (Å²) in [5, 5.41) is 12.1. The highest BCUT2D eigenvalue weighted by Gasteiger charge is 2.22. The van der Waals surface area contributed by atoms with E-state index in [2.05, 4.69) is 9.97 Å². The molecule has 0 radical (unpaired) electrons. The van der Waals surface area contributed by atoms with Gasteiger partial charge in [0.05, 0.1) is 43.0 Å². The highest BCUT2D eigenvalue weighted by molar-refractivity contribution is 6.04. The molecular weight excluding hydrogens is 398 g/mol. The second-order valence-electron chi connectivity index (χ2n) is 6.64. The van der Waals surface area contributed by atoms with Crippen molar-refractivity contribution in [3.8, 4) is 39.6 Å². The van der Waals surface area contributed by atoms with Crippen LogP contribution >= 0.6 is 0 Å². The first kappa shape index (κ1) is 20.1. The predicted octanol–water partition coefficient (Wildman–Crippen LogP) is 4.90. The second kappa shape index (κ2) is 8.27. The van der Waals surface area contributed by atoms with Gasteiger partial charge in [0, 0.05) is 23.1 Å². The van der Waals surface area contributed by atoms with E-state index in [0.717, 1.165) is 16.7 Å². The van der Waals surface area contributed by atoms with E-state index < -0.39 is 4.92 Å². The number of nitro benzene ring substituents is 1. The Balaban J connectivity index is 2.05. The van der Waals surface area contributed by atoms with Crippen LogP contribution in [0.4, 0.5) is 5.69 Å². The van der Waals surface area contributed by atoms with E-state index in [1.807, 2.05) is 30.3 Å². The van der Waals surface area contributed by atoms with Gasteiger partial charge in [0.2, 0.25) is 0 Å². The number of hydrogen-bond acceptors (Lipinski definition) is 7. The van der Waals surface area contributed by atoms with Crippen molar-refractivity contribution in [2.24, 2.45) is 0 Å². The molecule has 0 aliphatic rings. The van der Waals surface area contributed by atoms with Gasteiger partial charge >= 0.3 is 0 Å². The summed E-state index contributed by atoms with van der Waals surface area (Å²) in [6.07, 6.45) is 1.47. The summed E-state index contributed by atoms with van der Waals surface area (Å²) in [4.78, 5) is 19.9. The molecule has 31 heavy (non-hydrogen) atoms. The van der Waals surface area contributed by atoms with Crippen molar-refractivity contribution in [3.05, 3.63) is 71.0 Å². The number of nitrogens with zero attached hydrogens (tertiary/aromatic N) is 3. The maximum absolute atomic E-state index is 11.3. The van der Waals surface area contributed by atoms with Gasteiger partial charge in [0.15, 0.2) is 11.5 Å². The Morgan fingerprint density at radius 2 is 1.65 bits per heavy atom. The van der Waals surface area contributed by atoms with Gasteiger partial charge in [-0.05, 0) is 35.9 Å². The fraction of sp³-hybridized carbons (Fsp3) is 0.130. The summed E-state index contributed by atoms with van der Waals surface area (Å²) in [7, 11) is 4.67. The molecule has 0 saturated carbocycles. The van der Waals surface area contributed by atoms with Gasteiger partial charge in [-0.2, -0.15) is 0 Å². The van der Waals surface area contributed by atoms with Gasteiger partial charge in [0.25, 0.3) is 5.69 Å². The summed E-state index contributed by atoms with van der Waals surface area (Å²) in [5.74, 6) is 1.65. The molecule has 0 bridgehead atoms. The van der Waals surface area contributed by atoms with Gasteiger partial charge in [0.1, 0.15) is 12.1 Å². The Bertz CT molecular complexity index is 1270. The largest absolute Gasteiger partial charge is 0.497 e. The number of hydrogen-bond donors (Lipinski definition) is 0. The van der Waals surface area contributed by atoms with E-state index in [4.69, 9.17) is 14.2 Å². The van der Waals surface area contributed by atoms with E-state index in [9.17, 15) is 10.1 Å². The normalized spacial score (nSPS) is 10.7. The number of fused-ring (bicyclic) bond motifs is 1. The Kier molecular flexibility index (Phi) is 5.36. The standard InChI is InChI=1S/C23H19N3O5/c1-29-17-9-7-14(8-10-17)21-18-12-19(30-2)23(31-3)20(22(18)25-13-24-21)15-5-4-6-16(11-15)26(27)28/h4-13H,1-3H3. The molecule has 0 spiro atoms. The Morgan fingerprint density at radius 3 is 2.29 bits per heavy atom. The molecule has 0 amide bonds. The fourth-order valence-corrected chi connectivity index (χ4v) is 3.53. The smallest absolute Gasteiger partial charge is 0.270 e. The molecule has 0 atom stereocenters. The third-order valence-electron chi connectivity index (χ3n) is 4.98. The van der Waals surface area contributed by atoms with E-state index in [1.54, 1.807) is 19.2 Å². The van der Waals surface area contributed by atoms with E-state index in [0.29, 0.717) is 33.8 Å². The van der Waals surface area contributed by atoms with E-state index >= 15 is 0 Å². The van der Waals surface area contributed by atoms with Crippen molar-refractivity contribution in [2.45, 2.75) is 0 Å². The highest BCUT2D eigenvalue weighted by atomic mass is 16.6. The molecule has 0 N–H and O–H groups in total. The van der Waals surface area contributed by atoms with Gasteiger partial charge in [-0.15, -0.1) is 0 Å². The number of benzene rings is 3. The van der Waals surface area contributed by atoms with Crippen LogP contribution in [0.3, 0.4) is 0 Å². The van der Waals surface area contributed by atoms with E-state index in [-0.39, 0.29) is 5.69 Å². The lowest BCUT2D eigenvalue weighted by molar-refractivity contribution is -0.384. The van der Waals surface area contributed by atoms with Crippen LogP contribution in [0.5, 0.6) is 17.2 Å². The van der Waals surface area contributed by atoms with Crippen LogP contribution in [-0.4, -0.2) is 36.2 Å². The number of aromatic nitrogens is 2. The second-order valence-corrected chi connectivity index (χ2v) is 6.64. The van der Waals surface area contributed by atoms with Gasteiger partial charge in [-0.25, -0.2) is 9.97 Å². The molecule has 8 heteroatoms. The molecule has 1 heterocycles. The van der Waals surface area contributed by atoms with Crippen LogP contribution in [0.1, 0.15) is 0 Å². The number of ether oxygens (including phenoxy) is 3. The van der Waals surface area contributed by atoms with Gasteiger partial charge in [-0.3, -0.25) is 10.1 Å². The lowest BCUT2D eigenvalue weighted by Gasteiger charge is -2.17. The molecular formula is C23H19N3O5. The third-order valence-corrected chi connectivity index (χ3v) is 4.98. The first-order chi connectivity index (χ1) is 15.1. The molecule has 0 aliphatic heterocycles. The molecule has 3 aromatic carbocycles. The molecule has 156 valence electrons. The van der Waals surface area contributed by atoms with Gasteiger partial charge < -0.3 is 14.2 Å². The number of nitro groups is 1. The minimum absolute atomic E-state index is 0.0278. The predicted molar refractivity (Wildman–Crippen MR) is 117 cm³/mol. The topological polar surface area (TPSA) is 96.6 Å². The molecule has 0 fully saturated rings. The van der Waals surface area contributed by atoms with Crippen molar-refractivity contribution >= 4 is 16.6 Å². The van der Waals surface area contributed by atoms with Crippen molar-refractivity contribution < 1.29 is 19.1 Å². The van der Waals surface area contributed by atoms with Crippen LogP contribution in [-0.2, 0) is 0 Å². The minimum atomic E-state index is -0.434. The first-order valence-electron chi connectivity index (χ1n) is 9.36. The van der Waals surface area contributed by atoms with Gasteiger partial charge in [-0.1, -0.05) is 12.1 Å². The molecule has 8 nitrogen and oxygen atoms in total. The summed E-state index contributed by atoms with van der Waals surface area (Å²) in [5.41, 5.74) is 3.32. The average molecular weight is 417 g/mol. The van der Waals surface area contributed by atoms with Crippen LogP contribution in [0.15, 0.2) is 60.9 Å². The van der Waals surface area contributed by atoms with Crippen LogP contribution in [0, 0.1) is 10.1 Å². The zero-order valence-corrected chi connectivity index (χ0v) is 17.2. The molecule has 4 aromatic rings. The van der Waals surface area contributed by atoms with E-state index in [1.165, 1.54) is 32.7 Å². The number of methoxy groups -OCH3 is 3. The lowest BCUT2D eigenvalue weighted by atomic mass is 9.97. The van der Waals surface area contributed by atoms with Crippen LogP contribution in [0.25, 0.3) is 33.3 Å². The number of non-ortho nitro benzene ring substituents is 1. The molecule has 0 aliphatic carbocycles. The summed E-state index contributed by atoms with van der Waals surface area (Å²) in [6.45, 7) is 0. The van der Waals surface area contributed by atoms with Crippen molar-refractivity contribution in [1.82, 2.24) is 9.97 Å². The maximum atomic E-state index is 11.3.